The molecule has 0 spiro atoms. The highest BCUT2D eigenvalue weighted by atomic mass is 16.7. The molecule has 6 atom stereocenters. The zero-order chi connectivity index (χ0) is 31.2. The van der Waals surface area contributed by atoms with Gasteiger partial charge in [0.25, 0.3) is 11.8 Å². The number of likely N-dealkylation sites (N-methyl/N-ethyl adjacent to an activating group) is 1. The van der Waals surface area contributed by atoms with Crippen molar-refractivity contribution < 1.29 is 24.2 Å². The average molecular weight is 610 g/mol. The molecule has 1 aliphatic carbocycles. The minimum atomic E-state index is -2.06. The Balaban J connectivity index is 1.15. The Bertz CT molecular complexity index is 1750. The molecule has 5 aliphatic rings. The molecule has 3 amide bonds. The molecule has 2 aromatic carbocycles. The highest BCUT2D eigenvalue weighted by molar-refractivity contribution is 6.01. The number of H-pyrrole nitrogens is 1. The summed E-state index contributed by atoms with van der Waals surface area (Å²) in [4.78, 5) is 51.2. The normalized spacial score (nSPS) is 32.5. The van der Waals surface area contributed by atoms with Crippen LogP contribution in [0, 0.1) is 11.8 Å². The monoisotopic (exact) mass is 609 g/mol. The van der Waals surface area contributed by atoms with Crippen molar-refractivity contribution in [1.29, 1.82) is 0 Å². The SMILES string of the molecule is CC(C)[C@@]1(NC(=O)[C@@H]2C=C3c4cccc5[nH]cc(c45)C[C@@H]3N(C)C2)O[C@]2(O)[C@H]3CCCN3C(=O)[C@H](Cc3ccccc3)N2C1=O. The number of carbonyl (C=O) groups is 3. The number of rotatable bonds is 5. The van der Waals surface area contributed by atoms with E-state index in [1.807, 2.05) is 49.5 Å². The Labute approximate surface area is 262 Å². The number of piperazine rings is 1. The Hall–Kier alpha value is -3.99. The first kappa shape index (κ1) is 28.5. The molecule has 10 nitrogen and oxygen atoms in total. The Morgan fingerprint density at radius 2 is 1.96 bits per heavy atom. The quantitative estimate of drug-likeness (QED) is 0.410. The minimum absolute atomic E-state index is 0.138. The van der Waals surface area contributed by atoms with E-state index in [2.05, 4.69) is 33.5 Å². The summed E-state index contributed by atoms with van der Waals surface area (Å²) in [6.07, 6.45) is 6.40. The third-order valence-electron chi connectivity index (χ3n) is 10.8. The summed E-state index contributed by atoms with van der Waals surface area (Å²) < 4.78 is 6.49. The van der Waals surface area contributed by atoms with Crippen molar-refractivity contribution in [3.63, 3.8) is 0 Å². The molecule has 234 valence electrons. The second-order valence-electron chi connectivity index (χ2n) is 13.6. The largest absolute Gasteiger partial charge is 0.361 e. The molecule has 3 aromatic rings. The molecule has 45 heavy (non-hydrogen) atoms. The molecule has 8 rings (SSSR count). The first-order valence-corrected chi connectivity index (χ1v) is 16.1. The first-order chi connectivity index (χ1) is 21.6. The average Bonchev–Trinajstić information content (AvgIpc) is 3.74. The lowest BCUT2D eigenvalue weighted by Gasteiger charge is -2.48. The predicted molar refractivity (Wildman–Crippen MR) is 167 cm³/mol. The second kappa shape index (κ2) is 10.0. The molecule has 1 aromatic heterocycles. The summed E-state index contributed by atoms with van der Waals surface area (Å²) >= 11 is 0. The number of nitrogens with one attached hydrogen (secondary N) is 2. The van der Waals surface area contributed by atoms with Crippen molar-refractivity contribution in [1.82, 2.24) is 25.0 Å². The van der Waals surface area contributed by atoms with E-state index >= 15 is 0 Å². The van der Waals surface area contributed by atoms with Crippen LogP contribution < -0.4 is 5.32 Å². The number of benzene rings is 2. The van der Waals surface area contributed by atoms with Gasteiger partial charge in [0.2, 0.25) is 17.5 Å². The Morgan fingerprint density at radius 3 is 2.73 bits per heavy atom. The van der Waals surface area contributed by atoms with Gasteiger partial charge in [0.15, 0.2) is 0 Å². The molecule has 4 aliphatic heterocycles. The smallest absolute Gasteiger partial charge is 0.281 e. The molecular formula is C35H39N5O5. The maximum Gasteiger partial charge on any atom is 0.281 e. The van der Waals surface area contributed by atoms with Gasteiger partial charge in [0.05, 0.1) is 5.92 Å². The number of fused-ring (bicyclic) bond motifs is 5. The van der Waals surface area contributed by atoms with Gasteiger partial charge in [-0.25, -0.2) is 0 Å². The van der Waals surface area contributed by atoms with Crippen LogP contribution in [0.1, 0.15) is 43.4 Å². The lowest BCUT2D eigenvalue weighted by atomic mass is 9.79. The van der Waals surface area contributed by atoms with Crippen molar-refractivity contribution in [2.45, 2.75) is 69.3 Å². The van der Waals surface area contributed by atoms with Crippen molar-refractivity contribution in [3.05, 3.63) is 77.5 Å². The number of nitrogens with zero attached hydrogens (tertiary/aromatic N) is 3. The van der Waals surface area contributed by atoms with Crippen molar-refractivity contribution >= 4 is 34.2 Å². The Kier molecular flexibility index (Phi) is 6.33. The lowest BCUT2D eigenvalue weighted by Crippen LogP contribution is -2.71. The molecule has 3 N–H and O–H groups in total. The summed E-state index contributed by atoms with van der Waals surface area (Å²) in [7, 11) is 2.03. The van der Waals surface area contributed by atoms with E-state index in [0.717, 1.165) is 28.6 Å². The van der Waals surface area contributed by atoms with Gasteiger partial charge >= 0.3 is 0 Å². The molecule has 0 unspecified atom stereocenters. The van der Waals surface area contributed by atoms with Gasteiger partial charge in [0, 0.05) is 48.6 Å². The minimum Gasteiger partial charge on any atom is -0.361 e. The number of hydrogen-bond donors (Lipinski definition) is 3. The van der Waals surface area contributed by atoms with Gasteiger partial charge in [0.1, 0.15) is 12.1 Å². The molecule has 3 saturated heterocycles. The van der Waals surface area contributed by atoms with Gasteiger partial charge in [-0.3, -0.25) is 28.9 Å². The van der Waals surface area contributed by atoms with E-state index in [-0.39, 0.29) is 24.3 Å². The van der Waals surface area contributed by atoms with Crippen LogP contribution in [-0.2, 0) is 32.0 Å². The summed E-state index contributed by atoms with van der Waals surface area (Å²) in [5, 5.41) is 16.5. The number of amides is 3. The zero-order valence-electron chi connectivity index (χ0n) is 25.8. The van der Waals surface area contributed by atoms with Gasteiger partial charge in [-0.05, 0) is 54.6 Å². The van der Waals surface area contributed by atoms with Crippen molar-refractivity contribution in [2.75, 3.05) is 20.1 Å². The van der Waals surface area contributed by atoms with Crippen molar-refractivity contribution in [2.24, 2.45) is 11.8 Å². The van der Waals surface area contributed by atoms with Crippen LogP contribution in [0.25, 0.3) is 16.5 Å². The maximum atomic E-state index is 14.6. The fraction of sp³-hybridized carbons (Fsp3) is 0.457. The molecule has 0 saturated carbocycles. The zero-order valence-corrected chi connectivity index (χ0v) is 25.8. The van der Waals surface area contributed by atoms with Gasteiger partial charge in [-0.15, -0.1) is 0 Å². The third-order valence-corrected chi connectivity index (χ3v) is 10.8. The third kappa shape index (κ3) is 4.01. The number of aromatic amines is 1. The van der Waals surface area contributed by atoms with Crippen LogP contribution in [-0.4, -0.2) is 92.4 Å². The highest BCUT2D eigenvalue weighted by Gasteiger charge is 2.72. The van der Waals surface area contributed by atoms with E-state index in [9.17, 15) is 19.5 Å². The van der Waals surface area contributed by atoms with Crippen molar-refractivity contribution in [3.8, 4) is 0 Å². The van der Waals surface area contributed by atoms with E-state index in [1.165, 1.54) is 15.8 Å². The van der Waals surface area contributed by atoms with Crippen LogP contribution in [0.15, 0.2) is 60.8 Å². The number of aromatic nitrogens is 1. The van der Waals surface area contributed by atoms with Gasteiger partial charge in [-0.1, -0.05) is 62.4 Å². The van der Waals surface area contributed by atoms with Crippen LogP contribution in [0.2, 0.25) is 0 Å². The predicted octanol–water partition coefficient (Wildman–Crippen LogP) is 2.63. The molecule has 10 heteroatoms. The number of ether oxygens (including phenoxy) is 1. The van der Waals surface area contributed by atoms with E-state index in [1.54, 1.807) is 18.7 Å². The molecule has 0 bridgehead atoms. The molecule has 3 fully saturated rings. The topological polar surface area (TPSA) is 118 Å². The molecular weight excluding hydrogens is 570 g/mol. The summed E-state index contributed by atoms with van der Waals surface area (Å²) in [6, 6.07) is 14.2. The maximum absolute atomic E-state index is 14.6. The van der Waals surface area contributed by atoms with Gasteiger partial charge < -0.3 is 20.3 Å². The fourth-order valence-corrected chi connectivity index (χ4v) is 8.47. The number of aliphatic hydroxyl groups is 1. The summed E-state index contributed by atoms with van der Waals surface area (Å²) in [5.74, 6) is -4.27. The summed E-state index contributed by atoms with van der Waals surface area (Å²) in [6.45, 7) is 4.56. The lowest BCUT2D eigenvalue weighted by molar-refractivity contribution is -0.321. The first-order valence-electron chi connectivity index (χ1n) is 16.1. The fourth-order valence-electron chi connectivity index (χ4n) is 8.47. The van der Waals surface area contributed by atoms with Crippen LogP contribution in [0.4, 0.5) is 0 Å². The Morgan fingerprint density at radius 1 is 1.16 bits per heavy atom. The van der Waals surface area contributed by atoms with Crippen LogP contribution in [0.5, 0.6) is 0 Å². The molecule has 5 heterocycles. The second-order valence-corrected chi connectivity index (χ2v) is 13.6. The van der Waals surface area contributed by atoms with Gasteiger partial charge in [-0.2, -0.15) is 0 Å². The molecule has 0 radical (unpaired) electrons. The van der Waals surface area contributed by atoms with Crippen LogP contribution in [0.3, 0.4) is 0 Å². The standard InChI is InChI=1S/C35H39N5O5/c1-20(2)34(37-31(41)23-16-25-24-11-7-12-26-30(24)22(18-36-26)17-27(25)38(3)19-23)33(43)40-28(15-21-9-5-4-6-10-21)32(42)39-14-8-13-29(39)35(40,44)45-34/h4-7,9-12,16,18,20,23,27-29,36,44H,8,13-15,17,19H2,1-3H3,(H,37,41)/t23-,27+,28+,29-,34-,35-/m1/s1. The number of hydrogen-bond acceptors (Lipinski definition) is 6. The highest BCUT2D eigenvalue weighted by Crippen LogP contribution is 2.48. The number of carbonyl (C=O) groups excluding carboxylic acids is 3. The van der Waals surface area contributed by atoms with E-state index < -0.39 is 41.5 Å². The van der Waals surface area contributed by atoms with Crippen LogP contribution >= 0.6 is 0 Å². The summed E-state index contributed by atoms with van der Waals surface area (Å²) in [5.41, 5.74) is 3.59. The van der Waals surface area contributed by atoms with E-state index in [4.69, 9.17) is 4.74 Å². The van der Waals surface area contributed by atoms with E-state index in [0.29, 0.717) is 25.9 Å².